The zero-order valence-electron chi connectivity index (χ0n) is 14.1. The van der Waals surface area contributed by atoms with Crippen molar-refractivity contribution in [3.05, 3.63) is 15.5 Å². The zero-order chi connectivity index (χ0) is 18.9. The second-order valence-electron chi connectivity index (χ2n) is 4.65. The van der Waals surface area contributed by atoms with Gasteiger partial charge in [-0.15, -0.1) is 27.9 Å². The average Bonchev–Trinajstić information content (AvgIpc) is 3.08. The van der Waals surface area contributed by atoms with Crippen molar-refractivity contribution in [3.63, 3.8) is 0 Å². The number of aliphatic imine (C=N–C) groups is 2. The van der Waals surface area contributed by atoms with Gasteiger partial charge in [0, 0.05) is 24.5 Å². The van der Waals surface area contributed by atoms with Crippen molar-refractivity contribution in [2.24, 2.45) is 15.7 Å². The number of aromatic nitrogens is 1. The summed E-state index contributed by atoms with van der Waals surface area (Å²) >= 11 is 1.30. The van der Waals surface area contributed by atoms with Gasteiger partial charge in [-0.2, -0.15) is 20.8 Å². The largest absolute Gasteiger partial charge is 0.383 e. The lowest BCUT2D eigenvalue weighted by Gasteiger charge is -2.37. The minimum Gasteiger partial charge on any atom is -0.383 e. The Balaban J connectivity index is 1.97. The molecule has 7 N–H and O–H groups in total. The summed E-state index contributed by atoms with van der Waals surface area (Å²) in [7, 11) is 3.03. The Kier molecular flexibility index (Phi) is 7.38. The van der Waals surface area contributed by atoms with Crippen LogP contribution >= 0.6 is 11.3 Å². The first kappa shape index (κ1) is 19.7. The van der Waals surface area contributed by atoms with Crippen molar-refractivity contribution < 1.29 is 9.66 Å². The van der Waals surface area contributed by atoms with Crippen molar-refractivity contribution in [1.29, 1.82) is 0 Å². The van der Waals surface area contributed by atoms with Crippen LogP contribution in [0.3, 0.4) is 0 Å². The van der Waals surface area contributed by atoms with E-state index in [0.29, 0.717) is 24.1 Å². The summed E-state index contributed by atoms with van der Waals surface area (Å²) in [6.07, 6.45) is 0. The molecule has 0 aliphatic carbocycles. The second kappa shape index (κ2) is 9.75. The van der Waals surface area contributed by atoms with E-state index in [0.717, 1.165) is 0 Å². The van der Waals surface area contributed by atoms with Gasteiger partial charge < -0.3 is 15.8 Å². The van der Waals surface area contributed by atoms with Crippen molar-refractivity contribution in [1.82, 2.24) is 32.2 Å². The molecule has 1 aliphatic heterocycles. The lowest BCUT2D eigenvalue weighted by molar-refractivity contribution is -0.464. The van der Waals surface area contributed by atoms with Gasteiger partial charge in [-0.3, -0.25) is 20.1 Å². The van der Waals surface area contributed by atoms with Crippen molar-refractivity contribution in [2.45, 2.75) is 0 Å². The number of nitrogens with one attached hydrogen (secondary N) is 5. The number of rotatable bonds is 7. The molecule has 0 amide bonds. The van der Waals surface area contributed by atoms with Gasteiger partial charge in [-0.1, -0.05) is 0 Å². The molecule has 0 radical (unpaired) electrons. The number of nitrogens with zero attached hydrogens (tertiary/aromatic N) is 6. The number of methoxy groups -OCH3 is 1. The van der Waals surface area contributed by atoms with Crippen molar-refractivity contribution >= 4 is 34.1 Å². The second-order valence-corrected chi connectivity index (χ2v) is 5.50. The minimum atomic E-state index is -0.491. The van der Waals surface area contributed by atoms with Gasteiger partial charge in [-0.05, 0) is 0 Å². The van der Waals surface area contributed by atoms with Gasteiger partial charge in [-0.25, -0.2) is 0 Å². The van der Waals surface area contributed by atoms with Gasteiger partial charge in [0.1, 0.15) is 0 Å². The van der Waals surface area contributed by atoms with Crippen molar-refractivity contribution in [3.8, 4) is 0 Å². The van der Waals surface area contributed by atoms with Gasteiger partial charge in [0.05, 0.1) is 13.2 Å². The van der Waals surface area contributed by atoms with Crippen LogP contribution in [-0.4, -0.2) is 60.7 Å². The number of nitrogens with two attached hydrogens (primary N) is 1. The van der Waals surface area contributed by atoms with Gasteiger partial charge in [0.2, 0.25) is 5.84 Å². The van der Waals surface area contributed by atoms with Crippen LogP contribution in [0.1, 0.15) is 0 Å². The molecule has 0 bridgehead atoms. The molecule has 2 rings (SSSR count). The molecule has 1 fully saturated rings. The SMILES string of the molecule is CN=C(C[N+](=O)[O-])N1NNNN(c2csc(NC(N)=NCCOC)n2)N1. The van der Waals surface area contributed by atoms with E-state index >= 15 is 0 Å². The number of nitro groups is 1. The maximum Gasteiger partial charge on any atom is 0.263 e. The number of hydrogen-bond donors (Lipinski definition) is 6. The van der Waals surface area contributed by atoms with E-state index in [2.05, 4.69) is 42.4 Å². The first-order valence-corrected chi connectivity index (χ1v) is 8.13. The number of hydrazine groups is 6. The normalized spacial score (nSPS) is 16.1. The van der Waals surface area contributed by atoms with E-state index in [4.69, 9.17) is 10.5 Å². The van der Waals surface area contributed by atoms with Crippen LogP contribution < -0.4 is 38.3 Å². The molecule has 15 nitrogen and oxygen atoms in total. The molecule has 1 aromatic heterocycles. The highest BCUT2D eigenvalue weighted by Gasteiger charge is 2.24. The molecule has 0 saturated carbocycles. The first-order chi connectivity index (χ1) is 12.5. The smallest absolute Gasteiger partial charge is 0.263 e. The molecule has 0 atom stereocenters. The molecule has 26 heavy (non-hydrogen) atoms. The van der Waals surface area contributed by atoms with Crippen LogP contribution in [0.4, 0.5) is 10.9 Å². The third-order valence-corrected chi connectivity index (χ3v) is 3.60. The van der Waals surface area contributed by atoms with Crippen LogP contribution in [0.15, 0.2) is 15.4 Å². The van der Waals surface area contributed by atoms with E-state index in [9.17, 15) is 10.1 Å². The van der Waals surface area contributed by atoms with Crippen LogP contribution in [-0.2, 0) is 4.74 Å². The van der Waals surface area contributed by atoms with Gasteiger partial charge >= 0.3 is 0 Å². The first-order valence-electron chi connectivity index (χ1n) is 7.25. The number of anilines is 2. The lowest BCUT2D eigenvalue weighted by Crippen LogP contribution is -2.76. The summed E-state index contributed by atoms with van der Waals surface area (Å²) in [6.45, 7) is 0.431. The van der Waals surface area contributed by atoms with E-state index < -0.39 is 11.5 Å². The van der Waals surface area contributed by atoms with Gasteiger partial charge in [0.15, 0.2) is 16.9 Å². The molecular formula is C10H20N12O3S. The number of guanidine groups is 1. The average molecular weight is 388 g/mol. The Morgan fingerprint density at radius 1 is 1.58 bits per heavy atom. The Labute approximate surface area is 152 Å². The highest BCUT2D eigenvalue weighted by molar-refractivity contribution is 7.14. The highest BCUT2D eigenvalue weighted by Crippen LogP contribution is 2.20. The van der Waals surface area contributed by atoms with Crippen molar-refractivity contribution in [2.75, 3.05) is 44.3 Å². The fraction of sp³-hybridized carbons (Fsp3) is 0.500. The quantitative estimate of drug-likeness (QED) is 0.0975. The Bertz CT molecular complexity index is 663. The molecule has 0 unspecified atom stereocenters. The number of thiazole rings is 1. The molecule has 2 heterocycles. The fourth-order valence-corrected chi connectivity index (χ4v) is 2.39. The third kappa shape index (κ3) is 5.72. The number of hydrogen-bond acceptors (Lipinski definition) is 12. The highest BCUT2D eigenvalue weighted by atomic mass is 32.1. The predicted octanol–water partition coefficient (Wildman–Crippen LogP) is -2.21. The topological polar surface area (TPSA) is 183 Å². The van der Waals surface area contributed by atoms with Crippen LogP contribution in [0.2, 0.25) is 0 Å². The summed E-state index contributed by atoms with van der Waals surface area (Å²) in [5.41, 5.74) is 16.6. The molecule has 16 heteroatoms. The molecular weight excluding hydrogens is 368 g/mol. The fourth-order valence-electron chi connectivity index (χ4n) is 1.71. The van der Waals surface area contributed by atoms with Crippen LogP contribution in [0, 0.1) is 10.1 Å². The lowest BCUT2D eigenvalue weighted by atomic mass is 10.6. The maximum atomic E-state index is 10.7. The summed E-state index contributed by atoms with van der Waals surface area (Å²) < 4.78 is 4.89. The molecule has 1 saturated heterocycles. The Morgan fingerprint density at radius 2 is 2.38 bits per heavy atom. The standard InChI is InChI=1S/C10H20N12O3S/c1-12-7(5-20(23)24)21-17-16-18-22(19-21)8-6-26-10(14-8)15-9(11)13-3-4-25-2/h6,16-19H,3-5H2,1-2H3,(H3,11,13,14,15). The van der Waals surface area contributed by atoms with E-state index in [1.165, 1.54) is 28.6 Å². The minimum absolute atomic E-state index is 0.150. The zero-order valence-corrected chi connectivity index (χ0v) is 14.9. The van der Waals surface area contributed by atoms with Crippen LogP contribution in [0.5, 0.6) is 0 Å². The summed E-state index contributed by atoms with van der Waals surface area (Å²) in [5, 5.41) is 18.4. The Hall–Kier alpha value is -2.63. The molecule has 1 aliphatic rings. The summed E-state index contributed by atoms with van der Waals surface area (Å²) in [4.78, 5) is 22.5. The van der Waals surface area contributed by atoms with E-state index in [1.54, 1.807) is 12.5 Å². The molecule has 1 aromatic rings. The maximum absolute atomic E-state index is 10.7. The van der Waals surface area contributed by atoms with E-state index in [-0.39, 0.29) is 11.8 Å². The molecule has 144 valence electrons. The van der Waals surface area contributed by atoms with E-state index in [1.807, 2.05) is 0 Å². The number of ether oxygens (including phenoxy) is 1. The third-order valence-electron chi connectivity index (χ3n) is 2.86. The molecule has 0 aromatic carbocycles. The summed E-state index contributed by atoms with van der Waals surface area (Å²) in [5.74, 6) is 0.838. The molecule has 0 spiro atoms. The summed E-state index contributed by atoms with van der Waals surface area (Å²) in [6, 6.07) is 0. The predicted molar refractivity (Wildman–Crippen MR) is 96.2 cm³/mol. The van der Waals surface area contributed by atoms with Crippen LogP contribution in [0.25, 0.3) is 0 Å². The monoisotopic (exact) mass is 388 g/mol. The number of amidine groups is 1. The van der Waals surface area contributed by atoms with Gasteiger partial charge in [0.25, 0.3) is 6.54 Å². The Morgan fingerprint density at radius 3 is 3.08 bits per heavy atom.